The highest BCUT2D eigenvalue weighted by Gasteiger charge is 2.26. The predicted octanol–water partition coefficient (Wildman–Crippen LogP) is 2.02. The van der Waals surface area contributed by atoms with Crippen molar-refractivity contribution < 1.29 is 13.2 Å². The van der Waals surface area contributed by atoms with E-state index in [0.29, 0.717) is 56.1 Å². The molecule has 1 saturated heterocycles. The van der Waals surface area contributed by atoms with Crippen molar-refractivity contribution in [3.05, 3.63) is 36.0 Å². The summed E-state index contributed by atoms with van der Waals surface area (Å²) in [4.78, 5) is 23.4. The first kappa shape index (κ1) is 23.2. The van der Waals surface area contributed by atoms with E-state index in [9.17, 15) is 13.2 Å². The Morgan fingerprint density at radius 3 is 2.39 bits per heavy atom. The molecule has 1 aliphatic carbocycles. The number of aromatic nitrogens is 2. The zero-order valence-electron chi connectivity index (χ0n) is 19.0. The van der Waals surface area contributed by atoms with E-state index >= 15 is 0 Å². The molecular formula is C22H31N7O3S. The Morgan fingerprint density at radius 2 is 1.79 bits per heavy atom. The van der Waals surface area contributed by atoms with Crippen LogP contribution < -0.4 is 20.9 Å². The number of anilines is 4. The lowest BCUT2D eigenvalue weighted by Gasteiger charge is -2.35. The van der Waals surface area contributed by atoms with E-state index in [1.807, 2.05) is 31.2 Å². The number of nitrogens with one attached hydrogen (secondary N) is 3. The molecule has 178 valence electrons. The number of hydrogen-bond acceptors (Lipinski definition) is 8. The van der Waals surface area contributed by atoms with Crippen molar-refractivity contribution in [3.63, 3.8) is 0 Å². The molecule has 4 rings (SSSR count). The summed E-state index contributed by atoms with van der Waals surface area (Å²) in [5.74, 6) is 0.899. The van der Waals surface area contributed by atoms with Crippen molar-refractivity contribution in [1.29, 1.82) is 0 Å². The summed E-state index contributed by atoms with van der Waals surface area (Å²) in [5.41, 5.74) is 2.31. The number of amides is 1. The smallest absolute Gasteiger partial charge is 0.256 e. The first-order chi connectivity index (χ1) is 15.9. The number of nitrogens with zero attached hydrogens (tertiary/aromatic N) is 4. The third-order valence-electron chi connectivity index (χ3n) is 5.77. The van der Waals surface area contributed by atoms with Gasteiger partial charge in [-0.3, -0.25) is 4.79 Å². The summed E-state index contributed by atoms with van der Waals surface area (Å²) >= 11 is 0. The van der Waals surface area contributed by atoms with Gasteiger partial charge in [0.15, 0.2) is 0 Å². The van der Waals surface area contributed by atoms with Crippen LogP contribution in [0.3, 0.4) is 0 Å². The number of piperazine rings is 1. The standard InChI is InChI=1S/C22H31N7O3S/c1-3-23-21(30)19-15-24-22(27-20(19)25-16-5-6-16)26-17-7-9-18(10-8-17)28-11-13-29(14-12-28)33(31,32)4-2/h7-10,15-16H,3-6,11-14H2,1-2H3,(H,23,30)(H2,24,25,26,27). The Kier molecular flexibility index (Phi) is 6.99. The highest BCUT2D eigenvalue weighted by molar-refractivity contribution is 7.89. The van der Waals surface area contributed by atoms with Crippen LogP contribution in [-0.2, 0) is 10.0 Å². The molecule has 2 aliphatic rings. The van der Waals surface area contributed by atoms with Crippen LogP contribution in [0, 0.1) is 0 Å². The molecule has 2 fully saturated rings. The van der Waals surface area contributed by atoms with Crippen LogP contribution in [0.2, 0.25) is 0 Å². The Bertz CT molecular complexity index is 1080. The number of benzene rings is 1. The highest BCUT2D eigenvalue weighted by Crippen LogP contribution is 2.27. The third-order valence-corrected chi connectivity index (χ3v) is 7.66. The zero-order chi connectivity index (χ0) is 23.4. The lowest BCUT2D eigenvalue weighted by atomic mass is 10.2. The van der Waals surface area contributed by atoms with Crippen molar-refractivity contribution in [2.75, 3.05) is 54.0 Å². The van der Waals surface area contributed by atoms with Gasteiger partial charge in [0.2, 0.25) is 16.0 Å². The fourth-order valence-corrected chi connectivity index (χ4v) is 4.77. The Labute approximate surface area is 194 Å². The second-order valence-corrected chi connectivity index (χ2v) is 10.5. The molecule has 2 heterocycles. The molecule has 11 heteroatoms. The van der Waals surface area contributed by atoms with E-state index in [4.69, 9.17) is 0 Å². The summed E-state index contributed by atoms with van der Waals surface area (Å²) in [6.07, 6.45) is 3.69. The van der Waals surface area contributed by atoms with Crippen molar-refractivity contribution in [1.82, 2.24) is 19.6 Å². The van der Waals surface area contributed by atoms with Crippen molar-refractivity contribution in [2.24, 2.45) is 0 Å². The molecule has 1 aliphatic heterocycles. The SMILES string of the molecule is CCNC(=O)c1cnc(Nc2ccc(N3CCN(S(=O)(=O)CC)CC3)cc2)nc1NC1CC1. The molecule has 3 N–H and O–H groups in total. The van der Waals surface area contributed by atoms with E-state index in [-0.39, 0.29) is 11.7 Å². The molecule has 2 aromatic rings. The molecule has 0 unspecified atom stereocenters. The molecule has 33 heavy (non-hydrogen) atoms. The van der Waals surface area contributed by atoms with Crippen LogP contribution in [0.1, 0.15) is 37.0 Å². The maximum atomic E-state index is 12.3. The number of hydrogen-bond donors (Lipinski definition) is 3. The Hall–Kier alpha value is -2.92. The van der Waals surface area contributed by atoms with E-state index in [0.717, 1.165) is 24.2 Å². The molecule has 1 amide bonds. The lowest BCUT2D eigenvalue weighted by Crippen LogP contribution is -2.49. The van der Waals surface area contributed by atoms with Gasteiger partial charge >= 0.3 is 0 Å². The van der Waals surface area contributed by atoms with Crippen molar-refractivity contribution in [3.8, 4) is 0 Å². The molecule has 10 nitrogen and oxygen atoms in total. The van der Waals surface area contributed by atoms with E-state index < -0.39 is 10.0 Å². The summed E-state index contributed by atoms with van der Waals surface area (Å²) in [6, 6.07) is 8.24. The van der Waals surface area contributed by atoms with Gasteiger partial charge in [-0.15, -0.1) is 0 Å². The van der Waals surface area contributed by atoms with Gasteiger partial charge < -0.3 is 20.9 Å². The largest absolute Gasteiger partial charge is 0.369 e. The highest BCUT2D eigenvalue weighted by atomic mass is 32.2. The summed E-state index contributed by atoms with van der Waals surface area (Å²) in [7, 11) is -3.13. The number of carbonyl (C=O) groups excluding carboxylic acids is 1. The fourth-order valence-electron chi connectivity index (χ4n) is 3.69. The number of carbonyl (C=O) groups is 1. The third kappa shape index (κ3) is 5.72. The minimum absolute atomic E-state index is 0.136. The fraction of sp³-hybridized carbons (Fsp3) is 0.500. The normalized spacial score (nSPS) is 17.0. The van der Waals surface area contributed by atoms with Crippen LogP contribution in [0.15, 0.2) is 30.5 Å². The molecule has 0 spiro atoms. The van der Waals surface area contributed by atoms with Crippen LogP contribution >= 0.6 is 0 Å². The molecule has 0 bridgehead atoms. The monoisotopic (exact) mass is 473 g/mol. The van der Waals surface area contributed by atoms with Gasteiger partial charge in [-0.05, 0) is 51.0 Å². The molecule has 1 saturated carbocycles. The van der Waals surface area contributed by atoms with E-state index in [1.165, 1.54) is 0 Å². The van der Waals surface area contributed by atoms with Crippen LogP contribution in [0.4, 0.5) is 23.1 Å². The van der Waals surface area contributed by atoms with Gasteiger partial charge in [0.25, 0.3) is 5.91 Å². The van der Waals surface area contributed by atoms with E-state index in [2.05, 4.69) is 30.8 Å². The molecular weight excluding hydrogens is 442 g/mol. The summed E-state index contributed by atoms with van der Waals surface area (Å²) < 4.78 is 25.7. The maximum absolute atomic E-state index is 12.3. The number of sulfonamides is 1. The summed E-state index contributed by atoms with van der Waals surface area (Å²) in [6.45, 7) is 6.41. The Balaban J connectivity index is 1.41. The Morgan fingerprint density at radius 1 is 1.09 bits per heavy atom. The van der Waals surface area contributed by atoms with Crippen LogP contribution in [0.5, 0.6) is 0 Å². The number of rotatable bonds is 9. The minimum Gasteiger partial charge on any atom is -0.369 e. The van der Waals surface area contributed by atoms with Crippen molar-refractivity contribution in [2.45, 2.75) is 32.7 Å². The molecule has 1 aromatic heterocycles. The van der Waals surface area contributed by atoms with Crippen LogP contribution in [-0.4, -0.2) is 73.1 Å². The lowest BCUT2D eigenvalue weighted by molar-refractivity contribution is 0.0956. The van der Waals surface area contributed by atoms with Gasteiger partial charge in [-0.1, -0.05) is 0 Å². The molecule has 0 atom stereocenters. The summed E-state index contributed by atoms with van der Waals surface area (Å²) in [5, 5.41) is 9.31. The minimum atomic E-state index is -3.13. The first-order valence-electron chi connectivity index (χ1n) is 11.4. The quantitative estimate of drug-likeness (QED) is 0.506. The molecule has 1 aromatic carbocycles. The van der Waals surface area contributed by atoms with Crippen LogP contribution in [0.25, 0.3) is 0 Å². The first-order valence-corrected chi connectivity index (χ1v) is 13.0. The molecule has 0 radical (unpaired) electrons. The van der Waals surface area contributed by atoms with Gasteiger partial charge in [0.1, 0.15) is 11.4 Å². The zero-order valence-corrected chi connectivity index (χ0v) is 19.9. The van der Waals surface area contributed by atoms with Gasteiger partial charge in [0.05, 0.1) is 5.75 Å². The maximum Gasteiger partial charge on any atom is 0.256 e. The topological polar surface area (TPSA) is 120 Å². The van der Waals surface area contributed by atoms with Gasteiger partial charge in [-0.25, -0.2) is 13.4 Å². The van der Waals surface area contributed by atoms with Gasteiger partial charge in [0, 0.05) is 56.3 Å². The second kappa shape index (κ2) is 9.92. The van der Waals surface area contributed by atoms with E-state index in [1.54, 1.807) is 17.4 Å². The van der Waals surface area contributed by atoms with Gasteiger partial charge in [-0.2, -0.15) is 9.29 Å². The average molecular weight is 474 g/mol. The second-order valence-electron chi connectivity index (χ2n) is 8.19. The predicted molar refractivity (Wildman–Crippen MR) is 130 cm³/mol. The van der Waals surface area contributed by atoms with Crippen molar-refractivity contribution >= 4 is 39.1 Å². The average Bonchev–Trinajstić information content (AvgIpc) is 3.64.